The molecule has 1 aromatic heterocycles. The standard InChI is InChI=1S/C16H29N5/c1-11(2)13-14(20-17)18-10-19-15(13)21(5)12-6-8-16(3,4)9-7-12/h10-12H,6-9,17H2,1-5H3,(H,18,19,20). The van der Waals surface area contributed by atoms with Crippen LogP contribution >= 0.6 is 0 Å². The molecule has 3 N–H and O–H groups in total. The van der Waals surface area contributed by atoms with Crippen LogP contribution in [0.5, 0.6) is 0 Å². The van der Waals surface area contributed by atoms with Gasteiger partial charge in [-0.1, -0.05) is 27.7 Å². The van der Waals surface area contributed by atoms with Crippen molar-refractivity contribution in [2.45, 2.75) is 65.3 Å². The van der Waals surface area contributed by atoms with Crippen LogP contribution in [0.3, 0.4) is 0 Å². The predicted octanol–water partition coefficient (Wildman–Crippen LogP) is 3.29. The van der Waals surface area contributed by atoms with Crippen LogP contribution in [0.4, 0.5) is 11.6 Å². The summed E-state index contributed by atoms with van der Waals surface area (Å²) in [6.45, 7) is 9.04. The van der Waals surface area contributed by atoms with Crippen LogP contribution in [0.15, 0.2) is 6.33 Å². The molecule has 1 aliphatic carbocycles. The van der Waals surface area contributed by atoms with Gasteiger partial charge in [-0.2, -0.15) is 0 Å². The molecule has 5 heteroatoms. The zero-order valence-electron chi connectivity index (χ0n) is 14.0. The van der Waals surface area contributed by atoms with E-state index in [1.54, 1.807) is 6.33 Å². The van der Waals surface area contributed by atoms with Gasteiger partial charge >= 0.3 is 0 Å². The van der Waals surface area contributed by atoms with E-state index in [2.05, 4.69) is 55.0 Å². The number of nitrogens with two attached hydrogens (primary N) is 1. The van der Waals surface area contributed by atoms with Gasteiger partial charge in [-0.15, -0.1) is 0 Å². The van der Waals surface area contributed by atoms with Gasteiger partial charge in [0.25, 0.3) is 0 Å². The highest BCUT2D eigenvalue weighted by Crippen LogP contribution is 2.39. The maximum Gasteiger partial charge on any atom is 0.148 e. The van der Waals surface area contributed by atoms with Crippen molar-refractivity contribution in [3.05, 3.63) is 11.9 Å². The van der Waals surface area contributed by atoms with Crippen LogP contribution in [0, 0.1) is 5.41 Å². The Morgan fingerprint density at radius 2 is 1.90 bits per heavy atom. The van der Waals surface area contributed by atoms with E-state index in [0.717, 1.165) is 17.2 Å². The molecule has 21 heavy (non-hydrogen) atoms. The first-order chi connectivity index (χ1) is 9.85. The molecular weight excluding hydrogens is 262 g/mol. The first-order valence-electron chi connectivity index (χ1n) is 7.90. The van der Waals surface area contributed by atoms with Gasteiger partial charge in [-0.3, -0.25) is 0 Å². The third kappa shape index (κ3) is 3.46. The Labute approximate surface area is 128 Å². The summed E-state index contributed by atoms with van der Waals surface area (Å²) in [5, 5.41) is 0. The van der Waals surface area contributed by atoms with Crippen molar-refractivity contribution in [2.24, 2.45) is 11.3 Å². The molecule has 1 aromatic rings. The van der Waals surface area contributed by atoms with E-state index in [1.165, 1.54) is 25.7 Å². The third-order valence-electron chi connectivity index (χ3n) is 4.77. The van der Waals surface area contributed by atoms with Crippen molar-refractivity contribution >= 4 is 11.6 Å². The number of nitrogen functional groups attached to an aromatic ring is 1. The second-order valence-corrected chi connectivity index (χ2v) is 7.26. The fourth-order valence-electron chi connectivity index (χ4n) is 3.26. The van der Waals surface area contributed by atoms with Crippen molar-refractivity contribution in [1.82, 2.24) is 9.97 Å². The summed E-state index contributed by atoms with van der Waals surface area (Å²) in [6.07, 6.45) is 6.57. The van der Waals surface area contributed by atoms with E-state index in [4.69, 9.17) is 5.84 Å². The summed E-state index contributed by atoms with van der Waals surface area (Å²) >= 11 is 0. The molecule has 118 valence electrons. The van der Waals surface area contributed by atoms with Crippen LogP contribution < -0.4 is 16.2 Å². The fraction of sp³-hybridized carbons (Fsp3) is 0.750. The number of anilines is 2. The molecule has 5 nitrogen and oxygen atoms in total. The summed E-state index contributed by atoms with van der Waals surface area (Å²) in [6, 6.07) is 0.552. The minimum atomic E-state index is 0.328. The second kappa shape index (κ2) is 6.18. The minimum Gasteiger partial charge on any atom is -0.356 e. The third-order valence-corrected chi connectivity index (χ3v) is 4.77. The maximum absolute atomic E-state index is 5.61. The Morgan fingerprint density at radius 3 is 2.43 bits per heavy atom. The molecule has 2 rings (SSSR count). The topological polar surface area (TPSA) is 67.1 Å². The Balaban J connectivity index is 2.25. The van der Waals surface area contributed by atoms with Gasteiger partial charge in [0.15, 0.2) is 0 Å². The van der Waals surface area contributed by atoms with Gasteiger partial charge in [0.1, 0.15) is 18.0 Å². The molecule has 0 amide bonds. The van der Waals surface area contributed by atoms with Gasteiger partial charge in [-0.05, 0) is 37.0 Å². The first-order valence-corrected chi connectivity index (χ1v) is 7.90. The van der Waals surface area contributed by atoms with Gasteiger partial charge in [0, 0.05) is 18.7 Å². The number of nitrogens with one attached hydrogen (secondary N) is 1. The lowest BCUT2D eigenvalue weighted by Gasteiger charge is -2.39. The fourth-order valence-corrected chi connectivity index (χ4v) is 3.26. The first kappa shape index (κ1) is 16.0. The van der Waals surface area contributed by atoms with E-state index in [9.17, 15) is 0 Å². The van der Waals surface area contributed by atoms with Gasteiger partial charge < -0.3 is 10.3 Å². The largest absolute Gasteiger partial charge is 0.356 e. The van der Waals surface area contributed by atoms with E-state index in [0.29, 0.717) is 17.4 Å². The van der Waals surface area contributed by atoms with Crippen LogP contribution in [-0.2, 0) is 0 Å². The highest BCUT2D eigenvalue weighted by molar-refractivity contribution is 5.60. The van der Waals surface area contributed by atoms with Crippen LogP contribution in [0.25, 0.3) is 0 Å². The maximum atomic E-state index is 5.61. The summed E-state index contributed by atoms with van der Waals surface area (Å²) in [5.74, 6) is 7.69. The average Bonchev–Trinajstić information content (AvgIpc) is 2.45. The Morgan fingerprint density at radius 1 is 1.29 bits per heavy atom. The molecule has 1 saturated carbocycles. The van der Waals surface area contributed by atoms with E-state index in [-0.39, 0.29) is 0 Å². The Bertz CT molecular complexity index is 474. The lowest BCUT2D eigenvalue weighted by Crippen LogP contribution is -2.38. The van der Waals surface area contributed by atoms with E-state index in [1.807, 2.05) is 0 Å². The van der Waals surface area contributed by atoms with Crippen LogP contribution in [0.1, 0.15) is 64.9 Å². The molecule has 0 atom stereocenters. The molecule has 0 bridgehead atoms. The van der Waals surface area contributed by atoms with Gasteiger partial charge in [0.2, 0.25) is 0 Å². The molecule has 0 spiro atoms. The summed E-state index contributed by atoms with van der Waals surface area (Å²) in [4.78, 5) is 11.1. The molecule has 0 saturated heterocycles. The number of rotatable bonds is 4. The van der Waals surface area contributed by atoms with Crippen molar-refractivity contribution in [1.29, 1.82) is 0 Å². The monoisotopic (exact) mass is 291 g/mol. The molecule has 1 fully saturated rings. The van der Waals surface area contributed by atoms with Crippen molar-refractivity contribution in [3.63, 3.8) is 0 Å². The highest BCUT2D eigenvalue weighted by atomic mass is 15.3. The number of aromatic nitrogens is 2. The van der Waals surface area contributed by atoms with Crippen LogP contribution in [0.2, 0.25) is 0 Å². The number of hydrogen-bond acceptors (Lipinski definition) is 5. The molecule has 0 aliphatic heterocycles. The van der Waals surface area contributed by atoms with Gasteiger partial charge in [-0.25, -0.2) is 15.8 Å². The van der Waals surface area contributed by atoms with Crippen molar-refractivity contribution in [3.8, 4) is 0 Å². The zero-order valence-corrected chi connectivity index (χ0v) is 14.0. The highest BCUT2D eigenvalue weighted by Gasteiger charge is 2.30. The molecule has 1 aliphatic rings. The summed E-state index contributed by atoms with van der Waals surface area (Å²) < 4.78 is 0. The van der Waals surface area contributed by atoms with E-state index >= 15 is 0 Å². The average molecular weight is 291 g/mol. The van der Waals surface area contributed by atoms with Crippen molar-refractivity contribution in [2.75, 3.05) is 17.4 Å². The van der Waals surface area contributed by atoms with E-state index < -0.39 is 0 Å². The number of hydrogen-bond donors (Lipinski definition) is 2. The summed E-state index contributed by atoms with van der Waals surface area (Å²) in [5.41, 5.74) is 4.29. The molecule has 0 radical (unpaired) electrons. The summed E-state index contributed by atoms with van der Waals surface area (Å²) in [7, 11) is 2.15. The minimum absolute atomic E-state index is 0.328. The second-order valence-electron chi connectivity index (χ2n) is 7.26. The molecule has 1 heterocycles. The lowest BCUT2D eigenvalue weighted by molar-refractivity contribution is 0.222. The Hall–Kier alpha value is -1.36. The van der Waals surface area contributed by atoms with Crippen molar-refractivity contribution < 1.29 is 0 Å². The Kier molecular flexibility index (Phi) is 4.71. The molecular formula is C16H29N5. The number of nitrogens with zero attached hydrogens (tertiary/aromatic N) is 3. The zero-order chi connectivity index (χ0) is 15.6. The predicted molar refractivity (Wildman–Crippen MR) is 88.4 cm³/mol. The lowest BCUT2D eigenvalue weighted by atomic mass is 9.75. The SMILES string of the molecule is CC(C)c1c(NN)ncnc1N(C)C1CCC(C)(C)CC1. The molecule has 0 unspecified atom stereocenters. The smallest absolute Gasteiger partial charge is 0.148 e. The van der Waals surface area contributed by atoms with Gasteiger partial charge in [0.05, 0.1) is 0 Å². The quantitative estimate of drug-likeness (QED) is 0.658. The molecule has 0 aromatic carbocycles. The number of hydrazine groups is 1. The normalized spacial score (nSPS) is 18.8. The van der Waals surface area contributed by atoms with Crippen LogP contribution in [-0.4, -0.2) is 23.1 Å².